The quantitative estimate of drug-likeness (QED) is 0.804. The van der Waals surface area contributed by atoms with Crippen molar-refractivity contribution in [1.82, 2.24) is 9.97 Å². The number of nitrogens with one attached hydrogen (secondary N) is 1. The van der Waals surface area contributed by atoms with E-state index in [9.17, 15) is 9.90 Å². The molecule has 1 aromatic rings. The number of aromatic nitrogens is 2. The summed E-state index contributed by atoms with van der Waals surface area (Å²) in [4.78, 5) is 18.2. The Morgan fingerprint density at radius 2 is 2.20 bits per heavy atom. The molecule has 0 fully saturated rings. The largest absolute Gasteiger partial charge is 0.493 e. The minimum Gasteiger partial charge on any atom is -0.493 e. The van der Waals surface area contributed by atoms with Gasteiger partial charge in [-0.3, -0.25) is 4.79 Å². The highest BCUT2D eigenvalue weighted by Crippen LogP contribution is 2.13. The Hall–Kier alpha value is -0.970. The van der Waals surface area contributed by atoms with E-state index in [-0.39, 0.29) is 11.4 Å². The van der Waals surface area contributed by atoms with Gasteiger partial charge in [-0.15, -0.1) is 0 Å². The maximum atomic E-state index is 11.5. The maximum absolute atomic E-state index is 11.5. The molecule has 0 aromatic carbocycles. The zero-order chi connectivity index (χ0) is 11.3. The standard InChI is InChI=1S/C10H16N2O2S/c1-3-5-7-9(13)11-8(6-15-4-2)12-10(7)14/h3-6H2,1-2H3,(H2,11,12,13,14). The molecule has 0 aliphatic heterocycles. The van der Waals surface area contributed by atoms with Gasteiger partial charge in [0.15, 0.2) is 0 Å². The van der Waals surface area contributed by atoms with Crippen LogP contribution in [0.25, 0.3) is 0 Å². The molecule has 4 nitrogen and oxygen atoms in total. The molecule has 15 heavy (non-hydrogen) atoms. The monoisotopic (exact) mass is 228 g/mol. The zero-order valence-electron chi connectivity index (χ0n) is 9.04. The SMILES string of the molecule is CCCc1c(O)nc(CSCC)[nH]c1=O. The Labute approximate surface area is 93.1 Å². The van der Waals surface area contributed by atoms with Crippen molar-refractivity contribution in [2.75, 3.05) is 5.75 Å². The van der Waals surface area contributed by atoms with Crippen LogP contribution in [0.3, 0.4) is 0 Å². The lowest BCUT2D eigenvalue weighted by Gasteiger charge is -2.04. The molecular weight excluding hydrogens is 212 g/mol. The van der Waals surface area contributed by atoms with Crippen LogP contribution in [0.15, 0.2) is 4.79 Å². The number of aromatic hydroxyl groups is 1. The van der Waals surface area contributed by atoms with Gasteiger partial charge in [0, 0.05) is 0 Å². The third-order valence-corrected chi connectivity index (χ3v) is 2.87. The number of hydrogen-bond acceptors (Lipinski definition) is 4. The van der Waals surface area contributed by atoms with E-state index in [1.165, 1.54) is 0 Å². The summed E-state index contributed by atoms with van der Waals surface area (Å²) in [5.74, 6) is 2.02. The van der Waals surface area contributed by atoms with E-state index in [0.29, 0.717) is 23.6 Å². The van der Waals surface area contributed by atoms with E-state index in [1.807, 2.05) is 13.8 Å². The molecular formula is C10H16N2O2S. The minimum absolute atomic E-state index is 0.118. The second kappa shape index (κ2) is 5.80. The van der Waals surface area contributed by atoms with Crippen molar-refractivity contribution < 1.29 is 5.11 Å². The van der Waals surface area contributed by atoms with Crippen LogP contribution in [-0.2, 0) is 12.2 Å². The average molecular weight is 228 g/mol. The van der Waals surface area contributed by atoms with Crippen LogP contribution in [-0.4, -0.2) is 20.8 Å². The van der Waals surface area contributed by atoms with Gasteiger partial charge < -0.3 is 10.1 Å². The molecule has 1 rings (SSSR count). The Balaban J connectivity index is 2.92. The van der Waals surface area contributed by atoms with Crippen molar-refractivity contribution in [3.05, 3.63) is 21.7 Å². The summed E-state index contributed by atoms with van der Waals surface area (Å²) in [7, 11) is 0. The summed E-state index contributed by atoms with van der Waals surface area (Å²) < 4.78 is 0. The van der Waals surface area contributed by atoms with E-state index >= 15 is 0 Å². The molecule has 1 heterocycles. The molecule has 5 heteroatoms. The fourth-order valence-corrected chi connectivity index (χ4v) is 1.81. The molecule has 0 bridgehead atoms. The molecule has 0 saturated carbocycles. The van der Waals surface area contributed by atoms with Gasteiger partial charge in [0.25, 0.3) is 5.56 Å². The highest BCUT2D eigenvalue weighted by atomic mass is 32.2. The highest BCUT2D eigenvalue weighted by molar-refractivity contribution is 7.98. The van der Waals surface area contributed by atoms with Crippen molar-refractivity contribution in [1.29, 1.82) is 0 Å². The number of thioether (sulfide) groups is 1. The maximum Gasteiger partial charge on any atom is 0.257 e. The molecule has 0 spiro atoms. The number of hydrogen-bond donors (Lipinski definition) is 2. The fraction of sp³-hybridized carbons (Fsp3) is 0.600. The van der Waals surface area contributed by atoms with Crippen LogP contribution < -0.4 is 5.56 Å². The van der Waals surface area contributed by atoms with Crippen LogP contribution >= 0.6 is 11.8 Å². The van der Waals surface area contributed by atoms with Crippen molar-refractivity contribution in [3.63, 3.8) is 0 Å². The topological polar surface area (TPSA) is 66.0 Å². The average Bonchev–Trinajstić information content (AvgIpc) is 2.20. The number of rotatable bonds is 5. The first-order valence-corrected chi connectivity index (χ1v) is 6.23. The van der Waals surface area contributed by atoms with Crippen LogP contribution in [0.1, 0.15) is 31.7 Å². The Bertz CT molecular complexity index is 376. The smallest absolute Gasteiger partial charge is 0.257 e. The summed E-state index contributed by atoms with van der Waals surface area (Å²) in [6, 6.07) is 0. The van der Waals surface area contributed by atoms with E-state index in [0.717, 1.165) is 12.2 Å². The van der Waals surface area contributed by atoms with Gasteiger partial charge in [0.2, 0.25) is 5.88 Å². The van der Waals surface area contributed by atoms with Gasteiger partial charge in [-0.05, 0) is 12.2 Å². The summed E-state index contributed by atoms with van der Waals surface area (Å²) >= 11 is 1.65. The van der Waals surface area contributed by atoms with E-state index in [4.69, 9.17) is 0 Å². The summed E-state index contributed by atoms with van der Waals surface area (Å²) in [5.41, 5.74) is 0.179. The van der Waals surface area contributed by atoms with Gasteiger partial charge in [0.05, 0.1) is 11.3 Å². The molecule has 1 aromatic heterocycles. The summed E-state index contributed by atoms with van der Waals surface area (Å²) in [6.07, 6.45) is 1.39. The number of nitrogens with zero attached hydrogens (tertiary/aromatic N) is 1. The predicted molar refractivity (Wildman–Crippen MR) is 62.4 cm³/mol. The van der Waals surface area contributed by atoms with Crippen molar-refractivity contribution in [3.8, 4) is 5.88 Å². The molecule has 84 valence electrons. The molecule has 0 atom stereocenters. The van der Waals surface area contributed by atoms with Crippen molar-refractivity contribution in [2.45, 2.75) is 32.4 Å². The minimum atomic E-state index is -0.212. The molecule has 0 saturated heterocycles. The Kier molecular flexibility index (Phi) is 4.68. The van der Waals surface area contributed by atoms with Crippen LogP contribution in [0.2, 0.25) is 0 Å². The molecule has 2 N–H and O–H groups in total. The lowest BCUT2D eigenvalue weighted by molar-refractivity contribution is 0.440. The van der Waals surface area contributed by atoms with Gasteiger partial charge >= 0.3 is 0 Å². The van der Waals surface area contributed by atoms with Gasteiger partial charge in [-0.1, -0.05) is 20.3 Å². The van der Waals surface area contributed by atoms with Crippen LogP contribution in [0.4, 0.5) is 0 Å². The third-order valence-electron chi connectivity index (χ3n) is 1.99. The van der Waals surface area contributed by atoms with Gasteiger partial charge in [-0.2, -0.15) is 16.7 Å². The first-order chi connectivity index (χ1) is 7.19. The summed E-state index contributed by atoms with van der Waals surface area (Å²) in [6.45, 7) is 3.99. The lowest BCUT2D eigenvalue weighted by Crippen LogP contribution is -2.16. The Morgan fingerprint density at radius 1 is 1.47 bits per heavy atom. The second-order valence-corrected chi connectivity index (χ2v) is 4.48. The van der Waals surface area contributed by atoms with E-state index in [1.54, 1.807) is 11.8 Å². The predicted octanol–water partition coefficient (Wildman–Crippen LogP) is 1.68. The second-order valence-electron chi connectivity index (χ2n) is 3.20. The van der Waals surface area contributed by atoms with E-state index in [2.05, 4.69) is 9.97 Å². The van der Waals surface area contributed by atoms with Crippen molar-refractivity contribution in [2.24, 2.45) is 0 Å². The molecule has 0 aliphatic rings. The van der Waals surface area contributed by atoms with Gasteiger partial charge in [0.1, 0.15) is 5.82 Å². The highest BCUT2D eigenvalue weighted by Gasteiger charge is 2.09. The molecule has 0 aliphatic carbocycles. The molecule has 0 radical (unpaired) electrons. The molecule has 0 amide bonds. The zero-order valence-corrected chi connectivity index (χ0v) is 9.86. The van der Waals surface area contributed by atoms with Crippen molar-refractivity contribution >= 4 is 11.8 Å². The van der Waals surface area contributed by atoms with E-state index < -0.39 is 0 Å². The normalized spacial score (nSPS) is 10.5. The van der Waals surface area contributed by atoms with Gasteiger partial charge in [-0.25, -0.2) is 0 Å². The number of aromatic amines is 1. The first kappa shape index (κ1) is 12.1. The van der Waals surface area contributed by atoms with Crippen LogP contribution in [0.5, 0.6) is 5.88 Å². The molecule has 0 unspecified atom stereocenters. The first-order valence-electron chi connectivity index (χ1n) is 5.07. The summed E-state index contributed by atoms with van der Waals surface area (Å²) in [5, 5.41) is 9.56. The number of H-pyrrole nitrogens is 1. The third kappa shape index (κ3) is 3.27. The Morgan fingerprint density at radius 3 is 2.73 bits per heavy atom. The fourth-order valence-electron chi connectivity index (χ4n) is 1.27. The van der Waals surface area contributed by atoms with Crippen LogP contribution in [0, 0.1) is 0 Å². The lowest BCUT2D eigenvalue weighted by atomic mass is 10.2.